The predicted molar refractivity (Wildman–Crippen MR) is 123 cm³/mol. The minimum atomic E-state index is -2.58. The van der Waals surface area contributed by atoms with Crippen LogP contribution in [0.15, 0.2) is 59.0 Å². The van der Waals surface area contributed by atoms with Gasteiger partial charge in [-0.05, 0) is 37.1 Å². The zero-order chi connectivity index (χ0) is 20.7. The van der Waals surface area contributed by atoms with Crippen LogP contribution in [0.1, 0.15) is 36.0 Å². The fourth-order valence-electron chi connectivity index (χ4n) is 4.06. The van der Waals surface area contributed by atoms with Crippen LogP contribution >= 0.6 is 11.3 Å². The number of benzene rings is 2. The lowest BCUT2D eigenvalue weighted by Gasteiger charge is -2.12. The van der Waals surface area contributed by atoms with Crippen LogP contribution in [0.4, 0.5) is 0 Å². The van der Waals surface area contributed by atoms with Crippen molar-refractivity contribution in [2.24, 2.45) is 4.36 Å². The molecule has 7 heteroatoms. The van der Waals surface area contributed by atoms with E-state index in [1.54, 1.807) is 23.7 Å². The third-order valence-electron chi connectivity index (χ3n) is 5.64. The lowest BCUT2D eigenvalue weighted by Crippen LogP contribution is -2.17. The van der Waals surface area contributed by atoms with E-state index in [9.17, 15) is 9.00 Å². The number of hydrogen-bond acceptors (Lipinski definition) is 5. The minimum absolute atomic E-state index is 0.00159. The number of pyridine rings is 1. The van der Waals surface area contributed by atoms with Crippen molar-refractivity contribution in [3.05, 3.63) is 60.2 Å². The van der Waals surface area contributed by atoms with Gasteiger partial charge in [0.05, 0.1) is 31.0 Å². The second kappa shape index (κ2) is 7.56. The molecule has 4 aromatic rings. The van der Waals surface area contributed by atoms with E-state index in [1.807, 2.05) is 48.5 Å². The summed E-state index contributed by atoms with van der Waals surface area (Å²) in [5.74, 6) is -0.435. The summed E-state index contributed by atoms with van der Waals surface area (Å²) in [6.45, 7) is 0. The number of carbonyl (C=O) groups is 1. The summed E-state index contributed by atoms with van der Waals surface area (Å²) < 4.78 is 18.5. The number of aromatic nitrogens is 2. The van der Waals surface area contributed by atoms with E-state index >= 15 is 0 Å². The van der Waals surface area contributed by atoms with Gasteiger partial charge in [-0.3, -0.25) is 4.79 Å². The largest absolute Gasteiger partial charge is 0.285 e. The lowest BCUT2D eigenvalue weighted by atomic mass is 10.1. The molecule has 0 saturated heterocycles. The second-order valence-corrected chi connectivity index (χ2v) is 11.3. The summed E-state index contributed by atoms with van der Waals surface area (Å²) in [6, 6.07) is 17.2. The molecule has 2 heterocycles. The fourth-order valence-corrected chi connectivity index (χ4v) is 6.77. The molecule has 0 bridgehead atoms. The molecule has 0 spiro atoms. The Morgan fingerprint density at radius 1 is 1.03 bits per heavy atom. The van der Waals surface area contributed by atoms with Gasteiger partial charge < -0.3 is 0 Å². The first kappa shape index (κ1) is 19.3. The number of para-hydroxylation sites is 2. The molecule has 2 aromatic carbocycles. The molecular formula is C23H21N3O2S2. The van der Waals surface area contributed by atoms with E-state index in [2.05, 4.69) is 9.35 Å². The molecule has 1 atom stereocenters. The summed E-state index contributed by atoms with van der Waals surface area (Å²) in [4.78, 5) is 22.6. The Balaban J connectivity index is 1.65. The fraction of sp³-hybridized carbons (Fsp3) is 0.261. The van der Waals surface area contributed by atoms with Gasteiger partial charge in [-0.25, -0.2) is 14.2 Å². The summed E-state index contributed by atoms with van der Waals surface area (Å²) in [5, 5.41) is 1.47. The van der Waals surface area contributed by atoms with Crippen molar-refractivity contribution >= 4 is 48.1 Å². The molecule has 1 fully saturated rings. The van der Waals surface area contributed by atoms with Crippen LogP contribution in [-0.2, 0) is 9.73 Å². The van der Waals surface area contributed by atoms with Gasteiger partial charge in [-0.2, -0.15) is 4.36 Å². The third kappa shape index (κ3) is 3.52. The first-order valence-electron chi connectivity index (χ1n) is 10.0. The average Bonchev–Trinajstić information content (AvgIpc) is 3.43. The Morgan fingerprint density at radius 3 is 2.50 bits per heavy atom. The quantitative estimate of drug-likeness (QED) is 0.414. The highest BCUT2D eigenvalue weighted by Crippen LogP contribution is 2.32. The standard InChI is InChI=1S/C23H21N3O2S2/c1-30(28,15-8-2-3-9-15)26-22(27)17-14-20(24-18-11-5-4-10-16(17)18)23-25-19-12-6-7-13-21(19)29-23/h4-7,10-15H,2-3,8-9H2,1H3. The van der Waals surface area contributed by atoms with E-state index in [0.717, 1.165) is 46.3 Å². The van der Waals surface area contributed by atoms with Crippen molar-refractivity contribution in [1.82, 2.24) is 9.97 Å². The predicted octanol–water partition coefficient (Wildman–Crippen LogP) is 5.69. The zero-order valence-corrected chi connectivity index (χ0v) is 18.2. The lowest BCUT2D eigenvalue weighted by molar-refractivity contribution is 0.101. The van der Waals surface area contributed by atoms with Gasteiger partial charge in [0, 0.05) is 16.9 Å². The van der Waals surface area contributed by atoms with Gasteiger partial charge in [0.15, 0.2) is 0 Å². The van der Waals surface area contributed by atoms with Gasteiger partial charge in [0.25, 0.3) is 5.91 Å². The van der Waals surface area contributed by atoms with Crippen molar-refractivity contribution in [3.63, 3.8) is 0 Å². The number of hydrogen-bond donors (Lipinski definition) is 0. The highest BCUT2D eigenvalue weighted by molar-refractivity contribution is 7.93. The minimum Gasteiger partial charge on any atom is -0.266 e. The van der Waals surface area contributed by atoms with Gasteiger partial charge in [-0.15, -0.1) is 11.3 Å². The number of carbonyl (C=O) groups excluding carboxylic acids is 1. The van der Waals surface area contributed by atoms with Crippen molar-refractivity contribution in [2.75, 3.05) is 6.26 Å². The Labute approximate surface area is 179 Å². The van der Waals surface area contributed by atoms with Crippen LogP contribution in [0.5, 0.6) is 0 Å². The molecule has 1 aliphatic carbocycles. The molecule has 5 rings (SSSR count). The van der Waals surface area contributed by atoms with Gasteiger partial charge in [0.1, 0.15) is 10.7 Å². The Kier molecular flexibility index (Phi) is 4.87. The van der Waals surface area contributed by atoms with Crippen molar-refractivity contribution in [1.29, 1.82) is 0 Å². The molecule has 1 unspecified atom stereocenters. The van der Waals surface area contributed by atoms with Crippen LogP contribution in [0.2, 0.25) is 0 Å². The van der Waals surface area contributed by atoms with Gasteiger partial charge in [0.2, 0.25) is 0 Å². The number of rotatable bonds is 3. The number of thiazole rings is 1. The van der Waals surface area contributed by atoms with Crippen LogP contribution in [0.25, 0.3) is 31.8 Å². The van der Waals surface area contributed by atoms with Crippen molar-refractivity contribution < 1.29 is 9.00 Å². The summed E-state index contributed by atoms with van der Waals surface area (Å²) in [5.41, 5.74) is 2.68. The highest BCUT2D eigenvalue weighted by atomic mass is 32.2. The average molecular weight is 436 g/mol. The molecule has 0 N–H and O–H groups in total. The molecule has 0 aliphatic heterocycles. The van der Waals surface area contributed by atoms with E-state index in [1.165, 1.54) is 0 Å². The molecule has 0 radical (unpaired) electrons. The van der Waals surface area contributed by atoms with Gasteiger partial charge in [-0.1, -0.05) is 43.2 Å². The third-order valence-corrected chi connectivity index (χ3v) is 8.94. The van der Waals surface area contributed by atoms with E-state index in [-0.39, 0.29) is 5.25 Å². The second-order valence-electron chi connectivity index (χ2n) is 7.72. The molecule has 2 aromatic heterocycles. The summed E-state index contributed by atoms with van der Waals surface area (Å²) in [7, 11) is -2.58. The van der Waals surface area contributed by atoms with Crippen LogP contribution in [0, 0.1) is 0 Å². The van der Waals surface area contributed by atoms with Crippen molar-refractivity contribution in [3.8, 4) is 10.7 Å². The maximum absolute atomic E-state index is 13.2. The maximum atomic E-state index is 13.2. The Morgan fingerprint density at radius 2 is 1.73 bits per heavy atom. The smallest absolute Gasteiger partial charge is 0.266 e. The molecule has 1 aliphatic rings. The number of amides is 1. The molecule has 152 valence electrons. The summed E-state index contributed by atoms with van der Waals surface area (Å²) in [6.07, 6.45) is 5.48. The SMILES string of the molecule is CS(=O)(=NC(=O)c1cc(-c2nc3ccccc3s2)nc2ccccc12)C1CCCC1. The molecule has 30 heavy (non-hydrogen) atoms. The highest BCUT2D eigenvalue weighted by Gasteiger charge is 2.25. The van der Waals surface area contributed by atoms with E-state index in [0.29, 0.717) is 16.8 Å². The van der Waals surface area contributed by atoms with Crippen LogP contribution < -0.4 is 0 Å². The van der Waals surface area contributed by atoms with Crippen molar-refractivity contribution in [2.45, 2.75) is 30.9 Å². The van der Waals surface area contributed by atoms with E-state index in [4.69, 9.17) is 4.98 Å². The zero-order valence-electron chi connectivity index (χ0n) is 16.6. The van der Waals surface area contributed by atoms with Gasteiger partial charge >= 0.3 is 0 Å². The first-order chi connectivity index (χ1) is 14.5. The maximum Gasteiger partial charge on any atom is 0.285 e. The summed E-state index contributed by atoms with van der Waals surface area (Å²) >= 11 is 1.54. The Bertz CT molecular complexity index is 1360. The molecular weight excluding hydrogens is 414 g/mol. The molecule has 1 amide bonds. The number of nitrogens with zero attached hydrogens (tertiary/aromatic N) is 3. The van der Waals surface area contributed by atoms with E-state index < -0.39 is 15.6 Å². The topological polar surface area (TPSA) is 72.3 Å². The normalized spacial score (nSPS) is 16.7. The monoisotopic (exact) mass is 435 g/mol. The number of fused-ring (bicyclic) bond motifs is 2. The van der Waals surface area contributed by atoms with Crippen LogP contribution in [-0.4, -0.2) is 31.6 Å². The Hall–Kier alpha value is -2.64. The molecule has 5 nitrogen and oxygen atoms in total. The first-order valence-corrected chi connectivity index (χ1v) is 12.8. The molecule has 1 saturated carbocycles. The van der Waals surface area contributed by atoms with Crippen LogP contribution in [0.3, 0.4) is 0 Å².